The number of carbonyl (C=O) groups excluding carboxylic acids is 2. The van der Waals surface area contributed by atoms with Gasteiger partial charge in [0.25, 0.3) is 0 Å². The lowest BCUT2D eigenvalue weighted by atomic mass is 9.73. The van der Waals surface area contributed by atoms with Crippen LogP contribution in [0.25, 0.3) is 0 Å². The van der Waals surface area contributed by atoms with Gasteiger partial charge in [-0.1, -0.05) is 72.8 Å². The molecule has 0 saturated heterocycles. The van der Waals surface area contributed by atoms with Gasteiger partial charge in [-0.2, -0.15) is 0 Å². The van der Waals surface area contributed by atoms with Gasteiger partial charge < -0.3 is 10.1 Å². The van der Waals surface area contributed by atoms with E-state index in [1.165, 1.54) is 0 Å². The summed E-state index contributed by atoms with van der Waals surface area (Å²) in [4.78, 5) is 25.8. The van der Waals surface area contributed by atoms with Crippen LogP contribution in [0.5, 0.6) is 5.75 Å². The molecule has 4 nitrogen and oxygen atoms in total. The maximum absolute atomic E-state index is 13.3. The Balaban J connectivity index is 1.41. The van der Waals surface area contributed by atoms with Crippen molar-refractivity contribution in [1.29, 1.82) is 0 Å². The molecule has 3 aromatic rings. The number of benzene rings is 3. The van der Waals surface area contributed by atoms with Crippen LogP contribution in [-0.4, -0.2) is 11.7 Å². The van der Waals surface area contributed by atoms with Gasteiger partial charge in [0.15, 0.2) is 5.78 Å². The van der Waals surface area contributed by atoms with Gasteiger partial charge >= 0.3 is 0 Å². The fraction of sp³-hybridized carbons (Fsp3) is 0.214. The third-order valence-electron chi connectivity index (χ3n) is 6.32. The summed E-state index contributed by atoms with van der Waals surface area (Å²) in [7, 11) is 0. The highest BCUT2D eigenvalue weighted by Gasteiger charge is 2.38. The molecular weight excluding hydrogens is 398 g/mol. The van der Waals surface area contributed by atoms with E-state index in [1.54, 1.807) is 0 Å². The van der Waals surface area contributed by atoms with Gasteiger partial charge in [-0.25, -0.2) is 0 Å². The van der Waals surface area contributed by atoms with Crippen LogP contribution in [0.4, 0.5) is 0 Å². The van der Waals surface area contributed by atoms with Crippen molar-refractivity contribution in [1.82, 2.24) is 5.32 Å². The monoisotopic (exact) mass is 423 g/mol. The SMILES string of the molecule is O=C1CC(c2cccc(OCc3ccccc3)c2)C2=C(CC(c3ccccc3)CC2=O)N1. The average Bonchev–Trinajstić information content (AvgIpc) is 2.83. The summed E-state index contributed by atoms with van der Waals surface area (Å²) < 4.78 is 5.99. The summed E-state index contributed by atoms with van der Waals surface area (Å²) >= 11 is 0. The fourth-order valence-electron chi connectivity index (χ4n) is 4.77. The maximum Gasteiger partial charge on any atom is 0.225 e. The summed E-state index contributed by atoms with van der Waals surface area (Å²) in [6.45, 7) is 0.473. The lowest BCUT2D eigenvalue weighted by Gasteiger charge is -2.34. The Hall–Kier alpha value is -3.66. The molecule has 0 aromatic heterocycles. The number of ether oxygens (including phenoxy) is 1. The van der Waals surface area contributed by atoms with Crippen LogP contribution in [0, 0.1) is 0 Å². The predicted octanol–water partition coefficient (Wildman–Crippen LogP) is 5.27. The Labute approximate surface area is 187 Å². The van der Waals surface area contributed by atoms with Crippen molar-refractivity contribution in [3.05, 3.63) is 113 Å². The first-order valence-corrected chi connectivity index (χ1v) is 11.0. The molecule has 0 radical (unpaired) electrons. The molecule has 1 heterocycles. The Morgan fingerprint density at radius 1 is 0.781 bits per heavy atom. The maximum atomic E-state index is 13.3. The molecule has 0 saturated carbocycles. The average molecular weight is 424 g/mol. The molecule has 2 atom stereocenters. The van der Waals surface area contributed by atoms with Crippen molar-refractivity contribution in [2.75, 3.05) is 0 Å². The van der Waals surface area contributed by atoms with Crippen LogP contribution < -0.4 is 10.1 Å². The standard InChI is InChI=1S/C28H25NO3/c30-26-16-22(20-10-5-2-6-11-20)15-25-28(26)24(17-27(31)29-25)21-12-7-13-23(14-21)32-18-19-8-3-1-4-9-19/h1-14,22,24H,15-18H2,(H,29,31). The Morgan fingerprint density at radius 3 is 2.28 bits per heavy atom. The molecule has 2 aliphatic rings. The number of amides is 1. The van der Waals surface area contributed by atoms with Crippen molar-refractivity contribution in [2.45, 2.75) is 37.7 Å². The molecular formula is C28H25NO3. The van der Waals surface area contributed by atoms with Crippen LogP contribution in [0.3, 0.4) is 0 Å². The van der Waals surface area contributed by atoms with Gasteiger partial charge in [0.1, 0.15) is 12.4 Å². The molecule has 2 unspecified atom stereocenters. The quantitative estimate of drug-likeness (QED) is 0.608. The molecule has 1 aliphatic heterocycles. The molecule has 1 aliphatic carbocycles. The van der Waals surface area contributed by atoms with Crippen molar-refractivity contribution >= 4 is 11.7 Å². The van der Waals surface area contributed by atoms with Gasteiger partial charge in [0.05, 0.1) is 0 Å². The van der Waals surface area contributed by atoms with Gasteiger partial charge in [0, 0.05) is 30.0 Å². The molecule has 0 fully saturated rings. The molecule has 32 heavy (non-hydrogen) atoms. The molecule has 4 heteroatoms. The minimum absolute atomic E-state index is 0.0362. The molecule has 1 amide bonds. The third-order valence-corrected chi connectivity index (χ3v) is 6.32. The lowest BCUT2D eigenvalue weighted by Crippen LogP contribution is -2.38. The Bertz CT molecular complexity index is 1170. The van der Waals surface area contributed by atoms with Crippen LogP contribution in [0.15, 0.2) is 96.2 Å². The van der Waals surface area contributed by atoms with Crippen LogP contribution in [-0.2, 0) is 16.2 Å². The second-order valence-corrected chi connectivity index (χ2v) is 8.48. The summed E-state index contributed by atoms with van der Waals surface area (Å²) in [5, 5.41) is 3.00. The highest BCUT2D eigenvalue weighted by atomic mass is 16.5. The zero-order valence-corrected chi connectivity index (χ0v) is 17.8. The van der Waals surface area contributed by atoms with Gasteiger partial charge in [-0.05, 0) is 41.2 Å². The first kappa shape index (κ1) is 20.3. The second kappa shape index (κ2) is 8.83. The van der Waals surface area contributed by atoms with Crippen LogP contribution in [0.1, 0.15) is 47.8 Å². The molecule has 1 N–H and O–H groups in total. The number of hydrogen-bond donors (Lipinski definition) is 1. The number of rotatable bonds is 5. The normalized spacial score (nSPS) is 20.5. The predicted molar refractivity (Wildman–Crippen MR) is 123 cm³/mol. The Kier molecular flexibility index (Phi) is 5.59. The van der Waals surface area contributed by atoms with E-state index in [2.05, 4.69) is 17.4 Å². The minimum atomic E-state index is -0.233. The largest absolute Gasteiger partial charge is 0.489 e. The van der Waals surface area contributed by atoms with E-state index in [-0.39, 0.29) is 29.9 Å². The van der Waals surface area contributed by atoms with E-state index in [0.29, 0.717) is 19.4 Å². The summed E-state index contributed by atoms with van der Waals surface area (Å²) in [5.41, 5.74) is 4.72. The summed E-state index contributed by atoms with van der Waals surface area (Å²) in [6.07, 6.45) is 1.43. The molecule has 0 bridgehead atoms. The van der Waals surface area contributed by atoms with E-state index in [0.717, 1.165) is 33.7 Å². The number of hydrogen-bond acceptors (Lipinski definition) is 3. The highest BCUT2D eigenvalue weighted by Crippen LogP contribution is 2.43. The van der Waals surface area contributed by atoms with Crippen molar-refractivity contribution < 1.29 is 14.3 Å². The Morgan fingerprint density at radius 2 is 1.50 bits per heavy atom. The van der Waals surface area contributed by atoms with E-state index in [4.69, 9.17) is 4.74 Å². The van der Waals surface area contributed by atoms with Gasteiger partial charge in [-0.3, -0.25) is 9.59 Å². The van der Waals surface area contributed by atoms with E-state index >= 15 is 0 Å². The van der Waals surface area contributed by atoms with E-state index in [1.807, 2.05) is 72.8 Å². The number of ketones is 1. The highest BCUT2D eigenvalue weighted by molar-refractivity contribution is 6.02. The van der Waals surface area contributed by atoms with Crippen molar-refractivity contribution in [3.63, 3.8) is 0 Å². The lowest BCUT2D eigenvalue weighted by molar-refractivity contribution is -0.122. The second-order valence-electron chi connectivity index (χ2n) is 8.48. The first-order valence-electron chi connectivity index (χ1n) is 11.0. The number of nitrogens with one attached hydrogen (secondary N) is 1. The minimum Gasteiger partial charge on any atom is -0.489 e. The van der Waals surface area contributed by atoms with Gasteiger partial charge in [-0.15, -0.1) is 0 Å². The summed E-state index contributed by atoms with van der Waals surface area (Å²) in [5.74, 6) is 0.696. The zero-order chi connectivity index (χ0) is 21.9. The third kappa shape index (κ3) is 4.22. The smallest absolute Gasteiger partial charge is 0.225 e. The van der Waals surface area contributed by atoms with Crippen molar-refractivity contribution in [2.24, 2.45) is 0 Å². The van der Waals surface area contributed by atoms with Gasteiger partial charge in [0.2, 0.25) is 5.91 Å². The number of Topliss-reactive ketones (excluding diaryl/α,β-unsaturated/α-hetero) is 1. The number of allylic oxidation sites excluding steroid dienone is 2. The molecule has 160 valence electrons. The molecule has 3 aromatic carbocycles. The number of carbonyl (C=O) groups is 2. The molecule has 0 spiro atoms. The van der Waals surface area contributed by atoms with E-state index < -0.39 is 0 Å². The van der Waals surface area contributed by atoms with E-state index in [9.17, 15) is 9.59 Å². The summed E-state index contributed by atoms with van der Waals surface area (Å²) in [6, 6.07) is 27.9. The topological polar surface area (TPSA) is 55.4 Å². The zero-order valence-electron chi connectivity index (χ0n) is 17.8. The first-order chi connectivity index (χ1) is 15.7. The molecule has 5 rings (SSSR count). The van der Waals surface area contributed by atoms with Crippen LogP contribution >= 0.6 is 0 Å². The fourth-order valence-corrected chi connectivity index (χ4v) is 4.77. The van der Waals surface area contributed by atoms with Crippen LogP contribution in [0.2, 0.25) is 0 Å². The van der Waals surface area contributed by atoms with Crippen molar-refractivity contribution in [3.8, 4) is 5.75 Å².